The van der Waals surface area contributed by atoms with Crippen LogP contribution in [0.3, 0.4) is 0 Å². The minimum atomic E-state index is -0.479. The van der Waals surface area contributed by atoms with Crippen molar-refractivity contribution in [3.63, 3.8) is 0 Å². The molecule has 1 aromatic carbocycles. The maximum Gasteiger partial charge on any atom is 0.260 e. The van der Waals surface area contributed by atoms with E-state index in [0.717, 1.165) is 0 Å². The summed E-state index contributed by atoms with van der Waals surface area (Å²) in [5, 5.41) is 10.2. The Bertz CT molecular complexity index is 865. The van der Waals surface area contributed by atoms with Crippen LogP contribution in [0.1, 0.15) is 5.56 Å². The molecule has 1 aliphatic heterocycles. The second-order valence-corrected chi connectivity index (χ2v) is 5.65. The second-order valence-electron chi connectivity index (χ2n) is 4.84. The van der Waals surface area contributed by atoms with E-state index in [4.69, 9.17) is 23.2 Å². The molecule has 1 atom stereocenters. The third-order valence-electron chi connectivity index (χ3n) is 3.37. The molecule has 1 aliphatic carbocycles. The molecule has 4 nitrogen and oxygen atoms in total. The molecule has 2 aliphatic rings. The highest BCUT2D eigenvalue weighted by Gasteiger charge is 2.27. The van der Waals surface area contributed by atoms with Crippen molar-refractivity contribution in [3.05, 3.63) is 63.7 Å². The van der Waals surface area contributed by atoms with Gasteiger partial charge in [-0.3, -0.25) is 4.79 Å². The molecule has 0 bridgehead atoms. The van der Waals surface area contributed by atoms with Gasteiger partial charge in [-0.25, -0.2) is 4.99 Å². The minimum absolute atomic E-state index is 0.0692. The zero-order chi connectivity index (χ0) is 16.4. The van der Waals surface area contributed by atoms with E-state index in [2.05, 4.69) is 9.98 Å². The van der Waals surface area contributed by atoms with Crippen LogP contribution in [0, 0.1) is 17.2 Å². The first kappa shape index (κ1) is 15.4. The number of aliphatic imine (C=N–C) groups is 2. The first-order chi connectivity index (χ1) is 11.1. The molecule has 1 aromatic rings. The number of nitriles is 1. The third kappa shape index (κ3) is 3.02. The quantitative estimate of drug-likeness (QED) is 0.762. The predicted octanol–water partition coefficient (Wildman–Crippen LogP) is 4.02. The number of fused-ring (bicyclic) bond motifs is 1. The van der Waals surface area contributed by atoms with Crippen molar-refractivity contribution in [3.8, 4) is 6.07 Å². The fourth-order valence-electron chi connectivity index (χ4n) is 2.23. The summed E-state index contributed by atoms with van der Waals surface area (Å²) < 4.78 is 0. The van der Waals surface area contributed by atoms with E-state index in [1.165, 1.54) is 6.08 Å². The highest BCUT2D eigenvalue weighted by Crippen LogP contribution is 2.27. The predicted molar refractivity (Wildman–Crippen MR) is 91.7 cm³/mol. The van der Waals surface area contributed by atoms with Crippen LogP contribution in [0.15, 0.2) is 58.1 Å². The Hall–Kier alpha value is -2.48. The molecule has 112 valence electrons. The molecule has 0 fully saturated rings. The lowest BCUT2D eigenvalue weighted by Gasteiger charge is -2.17. The lowest BCUT2D eigenvalue weighted by molar-refractivity contribution is -0.118. The van der Waals surface area contributed by atoms with Gasteiger partial charge >= 0.3 is 0 Å². The fourth-order valence-corrected chi connectivity index (χ4v) is 2.74. The van der Waals surface area contributed by atoms with Crippen molar-refractivity contribution < 1.29 is 4.79 Å². The first-order valence-electron chi connectivity index (χ1n) is 6.72. The van der Waals surface area contributed by atoms with E-state index in [9.17, 15) is 10.1 Å². The lowest BCUT2D eigenvalue weighted by Crippen LogP contribution is -2.27. The number of carbonyl (C=O) groups is 1. The zero-order valence-electron chi connectivity index (χ0n) is 11.7. The third-order valence-corrected chi connectivity index (χ3v) is 4.03. The van der Waals surface area contributed by atoms with Crippen LogP contribution < -0.4 is 0 Å². The Balaban J connectivity index is 2.06. The van der Waals surface area contributed by atoms with Gasteiger partial charge < -0.3 is 0 Å². The number of allylic oxidation sites excluding steroid dienone is 3. The van der Waals surface area contributed by atoms with Crippen LogP contribution in [0.4, 0.5) is 0 Å². The number of carbonyl (C=O) groups excluding carboxylic acids is 1. The molecule has 0 spiro atoms. The summed E-state index contributed by atoms with van der Waals surface area (Å²) in [5.74, 6) is -0.760. The molecule has 23 heavy (non-hydrogen) atoms. The first-order valence-corrected chi connectivity index (χ1v) is 7.48. The number of amidine groups is 1. The molecule has 0 saturated heterocycles. The number of amides is 1. The normalized spacial score (nSPS) is 19.8. The van der Waals surface area contributed by atoms with E-state index in [1.54, 1.807) is 42.5 Å². The summed E-state index contributed by atoms with van der Waals surface area (Å²) in [4.78, 5) is 20.3. The number of nitrogens with zero attached hydrogens (tertiary/aromatic N) is 3. The van der Waals surface area contributed by atoms with Crippen LogP contribution in [-0.4, -0.2) is 17.5 Å². The van der Waals surface area contributed by atoms with Crippen LogP contribution in [0.5, 0.6) is 0 Å². The number of benzene rings is 1. The molecule has 1 heterocycles. The number of hydrogen-bond acceptors (Lipinski definition) is 3. The van der Waals surface area contributed by atoms with Gasteiger partial charge in [0.15, 0.2) is 5.84 Å². The smallest absolute Gasteiger partial charge is 0.260 e. The maximum atomic E-state index is 12.1. The Morgan fingerprint density at radius 3 is 2.65 bits per heavy atom. The van der Waals surface area contributed by atoms with E-state index >= 15 is 0 Å². The van der Waals surface area contributed by atoms with Crippen LogP contribution in [0.2, 0.25) is 10.0 Å². The number of hydrogen-bond donors (Lipinski definition) is 0. The molecule has 0 aromatic heterocycles. The minimum Gasteiger partial charge on any atom is -0.271 e. The summed E-state index contributed by atoms with van der Waals surface area (Å²) in [6, 6.07) is 7.04. The van der Waals surface area contributed by atoms with E-state index in [0.29, 0.717) is 21.3 Å². The number of halogens is 2. The molecular formula is C17H9Cl2N3O. The molecule has 1 unspecified atom stereocenters. The Labute approximate surface area is 142 Å². The van der Waals surface area contributed by atoms with Gasteiger partial charge in [-0.1, -0.05) is 47.5 Å². The Kier molecular flexibility index (Phi) is 4.24. The summed E-state index contributed by atoms with van der Waals surface area (Å²) in [7, 11) is 0. The fraction of sp³-hybridized carbons (Fsp3) is 0.0588. The van der Waals surface area contributed by atoms with Crippen molar-refractivity contribution in [1.82, 2.24) is 0 Å². The van der Waals surface area contributed by atoms with Crippen molar-refractivity contribution in [2.24, 2.45) is 15.9 Å². The standard InChI is InChI=1S/C17H9Cl2N3O/c18-13-5-3-6-14(19)12(13)8-10(9-20)16-21-15-7-2-1-4-11(15)17(23)22-16/h1-8,11H/b10-8+. The van der Waals surface area contributed by atoms with E-state index in [1.807, 2.05) is 6.07 Å². The van der Waals surface area contributed by atoms with Crippen LogP contribution >= 0.6 is 23.2 Å². The van der Waals surface area contributed by atoms with E-state index < -0.39 is 5.92 Å². The summed E-state index contributed by atoms with van der Waals surface area (Å²) in [5.41, 5.74) is 1.18. The molecule has 0 N–H and O–H groups in total. The number of rotatable bonds is 2. The molecule has 0 radical (unpaired) electrons. The largest absolute Gasteiger partial charge is 0.271 e. The molecule has 0 saturated carbocycles. The summed E-state index contributed by atoms with van der Waals surface area (Å²) in [6.07, 6.45) is 8.50. The topological polar surface area (TPSA) is 65.6 Å². The zero-order valence-corrected chi connectivity index (χ0v) is 13.2. The van der Waals surface area contributed by atoms with E-state index in [-0.39, 0.29) is 17.3 Å². The maximum absolute atomic E-state index is 12.1. The average molecular weight is 342 g/mol. The second kappa shape index (κ2) is 6.33. The van der Waals surface area contributed by atoms with Crippen LogP contribution in [-0.2, 0) is 4.79 Å². The Morgan fingerprint density at radius 2 is 1.96 bits per heavy atom. The van der Waals surface area contributed by atoms with Gasteiger partial charge in [0.2, 0.25) is 0 Å². The van der Waals surface area contributed by atoms with Gasteiger partial charge in [-0.15, -0.1) is 0 Å². The van der Waals surface area contributed by atoms with Crippen molar-refractivity contribution in [1.29, 1.82) is 5.26 Å². The summed E-state index contributed by atoms with van der Waals surface area (Å²) in [6.45, 7) is 0. The Morgan fingerprint density at radius 1 is 1.22 bits per heavy atom. The van der Waals surface area contributed by atoms with Crippen molar-refractivity contribution in [2.75, 3.05) is 0 Å². The van der Waals surface area contributed by atoms with Gasteiger partial charge in [-0.05, 0) is 24.3 Å². The van der Waals surface area contributed by atoms with Gasteiger partial charge in [0.05, 0.1) is 11.3 Å². The highest BCUT2D eigenvalue weighted by molar-refractivity contribution is 6.37. The monoisotopic (exact) mass is 341 g/mol. The highest BCUT2D eigenvalue weighted by atomic mass is 35.5. The van der Waals surface area contributed by atoms with Gasteiger partial charge in [0.25, 0.3) is 5.91 Å². The molecular weight excluding hydrogens is 333 g/mol. The molecule has 3 rings (SSSR count). The van der Waals surface area contributed by atoms with Gasteiger partial charge in [0.1, 0.15) is 12.0 Å². The van der Waals surface area contributed by atoms with Gasteiger partial charge in [-0.2, -0.15) is 10.3 Å². The average Bonchev–Trinajstić information content (AvgIpc) is 2.55. The lowest BCUT2D eigenvalue weighted by atomic mass is 9.96. The summed E-state index contributed by atoms with van der Waals surface area (Å²) >= 11 is 12.2. The van der Waals surface area contributed by atoms with Crippen LogP contribution in [0.25, 0.3) is 6.08 Å². The van der Waals surface area contributed by atoms with Gasteiger partial charge in [0, 0.05) is 15.6 Å². The van der Waals surface area contributed by atoms with Crippen molar-refractivity contribution in [2.45, 2.75) is 0 Å². The molecule has 1 amide bonds. The SMILES string of the molecule is N#C/C(=C\c1c(Cl)cccc1Cl)C1=NC(=O)C2C=CC=CC2=N1. The molecule has 6 heteroatoms. The van der Waals surface area contributed by atoms with Crippen molar-refractivity contribution >= 4 is 46.7 Å².